The van der Waals surface area contributed by atoms with Crippen molar-refractivity contribution in [2.24, 2.45) is 0 Å². The predicted octanol–water partition coefficient (Wildman–Crippen LogP) is 16.7. The lowest BCUT2D eigenvalue weighted by Crippen LogP contribution is -2.46. The van der Waals surface area contributed by atoms with Gasteiger partial charge in [-0.05, 0) is 216 Å². The molecule has 4 saturated heterocycles. The summed E-state index contributed by atoms with van der Waals surface area (Å²) < 4.78 is 141. The fraction of sp³-hybridized carbons (Fsp3) is 0.588. The van der Waals surface area contributed by atoms with Crippen molar-refractivity contribution in [2.75, 3.05) is 54.1 Å². The van der Waals surface area contributed by atoms with Gasteiger partial charge in [0.05, 0.1) is 76.6 Å². The molecule has 4 aliphatic heterocycles. The third kappa shape index (κ3) is 27.9. The number of carbonyl (C=O) groups is 8. The summed E-state index contributed by atoms with van der Waals surface area (Å²) in [4.78, 5) is 145. The average Bonchev–Trinajstić information content (AvgIpc) is 1.64. The number of aliphatic hydroxyl groups is 4. The normalized spacial score (nSPS) is 22.6. The number of carbonyl (C=O) groups excluding carboxylic acids is 8. The van der Waals surface area contributed by atoms with E-state index in [1.165, 1.54) is 19.2 Å². The van der Waals surface area contributed by atoms with Crippen molar-refractivity contribution in [3.05, 3.63) is 114 Å². The average molecular weight is 2080 g/mol. The highest BCUT2D eigenvalue weighted by atomic mass is 32.1. The SMILES string of the molecule is CC[C@@H](C)Nc1cc(C)c(-c2sc(C(=O)N[C@@H]3CCC[C@H]3O)nc2C(=O)N2CC(F)(F)C[C@@H]2C)cn1.CC[C@@H](C)Nc1cc(C)c(-c2sc(C(=O)N[C@@H]3CC[C@@H](O)C3)nc2C(=O)N2CC(F)(F)C[C@@H]2C)cn1.C[C@H]1CC(F)(F)CN1C(=O)c1nc(C(=O)NC2CC(O)C2)sc1-c1cnc(NC(C)(C)C)cc1C(F)F.Cc1cc(NC(C)(C)C)ncc1-c1sc(C(=O)N[C@H](C)CO)nc1C(=O)N1CC(F)(F)C[C@@H]1C. The maximum Gasteiger partial charge on any atom is 0.280 e. The predicted molar refractivity (Wildman–Crippen MR) is 527 cm³/mol. The molecule has 12 N–H and O–H groups in total. The second-order valence-corrected chi connectivity index (χ2v) is 44.5. The van der Waals surface area contributed by atoms with Crippen molar-refractivity contribution in [2.45, 2.75) is 334 Å². The molecule has 15 rings (SSSR count). The van der Waals surface area contributed by atoms with E-state index in [1.54, 1.807) is 46.3 Å². The molecule has 780 valence electrons. The molecule has 7 aliphatic rings. The Morgan fingerprint density at radius 1 is 0.434 bits per heavy atom. The van der Waals surface area contributed by atoms with E-state index >= 15 is 0 Å². The number of nitrogens with zero attached hydrogens (tertiary/aromatic N) is 12. The Morgan fingerprint density at radius 2 is 0.755 bits per heavy atom. The van der Waals surface area contributed by atoms with Crippen molar-refractivity contribution in [3.63, 3.8) is 0 Å². The zero-order valence-corrected chi connectivity index (χ0v) is 86.2. The van der Waals surface area contributed by atoms with Crippen molar-refractivity contribution < 1.29 is 103 Å². The minimum atomic E-state index is -3.09. The minimum absolute atomic E-state index is 0.00792. The van der Waals surface area contributed by atoms with E-state index < -0.39 is 189 Å². The molecule has 8 aromatic rings. The van der Waals surface area contributed by atoms with Crippen LogP contribution in [0.4, 0.5) is 67.2 Å². The summed E-state index contributed by atoms with van der Waals surface area (Å²) in [5.74, 6) is -14.7. The molecule has 8 aromatic heterocycles. The molecule has 3 saturated carbocycles. The van der Waals surface area contributed by atoms with Crippen LogP contribution < -0.4 is 42.5 Å². The van der Waals surface area contributed by atoms with E-state index in [2.05, 4.69) is 96.3 Å². The Bertz CT molecular complexity index is 5970. The van der Waals surface area contributed by atoms with Gasteiger partial charge in [0, 0.05) is 144 Å². The lowest BCUT2D eigenvalue weighted by molar-refractivity contribution is 0.0115. The third-order valence-corrected chi connectivity index (χ3v) is 29.7. The summed E-state index contributed by atoms with van der Waals surface area (Å²) in [6, 6.07) is 3.03. The van der Waals surface area contributed by atoms with Gasteiger partial charge in [-0.2, -0.15) is 0 Å². The number of aryl methyl sites for hydroxylation is 3. The summed E-state index contributed by atoms with van der Waals surface area (Å²) >= 11 is 3.80. The summed E-state index contributed by atoms with van der Waals surface area (Å²) in [6.07, 6.45) is 6.05. The van der Waals surface area contributed by atoms with Crippen LogP contribution in [0.15, 0.2) is 49.1 Å². The topological polar surface area (TPSA) is 430 Å². The highest BCUT2D eigenvalue weighted by Gasteiger charge is 2.51. The molecule has 46 heteroatoms. The van der Waals surface area contributed by atoms with Crippen LogP contribution in [0.25, 0.3) is 41.8 Å². The Morgan fingerprint density at radius 3 is 1.06 bits per heavy atom. The molecule has 3 aliphatic carbocycles. The Kier molecular flexibility index (Phi) is 35.0. The van der Waals surface area contributed by atoms with E-state index in [0.29, 0.717) is 93.7 Å². The second-order valence-electron chi connectivity index (χ2n) is 40.5. The zero-order valence-electron chi connectivity index (χ0n) is 83.0. The second kappa shape index (κ2) is 45.1. The van der Waals surface area contributed by atoms with E-state index in [-0.39, 0.29) is 101 Å². The first kappa shape index (κ1) is 111. The summed E-state index contributed by atoms with van der Waals surface area (Å²) in [5.41, 5.74) is 2.57. The first-order valence-electron chi connectivity index (χ1n) is 47.8. The van der Waals surface area contributed by atoms with Crippen molar-refractivity contribution >= 4 is 116 Å². The van der Waals surface area contributed by atoms with Gasteiger partial charge in [0.25, 0.3) is 77.4 Å². The van der Waals surface area contributed by atoms with Crippen molar-refractivity contribution in [3.8, 4) is 41.8 Å². The van der Waals surface area contributed by atoms with Gasteiger partial charge in [-0.15, -0.1) is 45.3 Å². The zero-order chi connectivity index (χ0) is 105. The van der Waals surface area contributed by atoms with Crippen molar-refractivity contribution in [1.29, 1.82) is 0 Å². The molecule has 11 atom stereocenters. The first-order valence-corrected chi connectivity index (χ1v) is 51.0. The molecule has 0 bridgehead atoms. The molecule has 0 unspecified atom stereocenters. The maximum absolute atomic E-state index is 14.2. The minimum Gasteiger partial charge on any atom is -0.394 e. The molecular weight excluding hydrogens is 1960 g/mol. The number of amides is 8. The van der Waals surface area contributed by atoms with Crippen LogP contribution in [0.3, 0.4) is 0 Å². The number of likely N-dealkylation sites (tertiary alicyclic amines) is 4. The van der Waals surface area contributed by atoms with Crippen LogP contribution in [0.1, 0.15) is 304 Å². The number of pyridine rings is 4. The molecule has 8 amide bonds. The number of hydrogen-bond acceptors (Lipinski definition) is 28. The first-order chi connectivity index (χ1) is 66.8. The summed E-state index contributed by atoms with van der Waals surface area (Å²) in [7, 11) is 0. The van der Waals surface area contributed by atoms with E-state index in [9.17, 15) is 103 Å². The Labute approximate surface area is 838 Å². The Hall–Kier alpha value is -10.8. The van der Waals surface area contributed by atoms with Gasteiger partial charge >= 0.3 is 0 Å². The number of anilines is 4. The summed E-state index contributed by atoms with van der Waals surface area (Å²) in [5, 5.41) is 62.4. The lowest BCUT2D eigenvalue weighted by atomic mass is 9.89. The Balaban J connectivity index is 0.000000170. The number of aromatic nitrogens is 8. The lowest BCUT2D eigenvalue weighted by Gasteiger charge is -2.31. The van der Waals surface area contributed by atoms with Crippen LogP contribution in [-0.4, -0.2) is 273 Å². The molecule has 0 aromatic carbocycles. The van der Waals surface area contributed by atoms with Crippen LogP contribution in [0.2, 0.25) is 0 Å². The molecule has 143 heavy (non-hydrogen) atoms. The fourth-order valence-electron chi connectivity index (χ4n) is 17.6. The largest absolute Gasteiger partial charge is 0.394 e. The van der Waals surface area contributed by atoms with Crippen molar-refractivity contribution in [1.82, 2.24) is 80.7 Å². The number of aliphatic hydroxyl groups excluding tert-OH is 4. The highest BCUT2D eigenvalue weighted by molar-refractivity contribution is 7.18. The van der Waals surface area contributed by atoms with Gasteiger partial charge in [-0.25, -0.2) is 83.8 Å². The molecule has 0 spiro atoms. The molecule has 0 radical (unpaired) electrons. The number of alkyl halides is 10. The van der Waals surface area contributed by atoms with Crippen LogP contribution in [0, 0.1) is 20.8 Å². The van der Waals surface area contributed by atoms with E-state index in [1.807, 2.05) is 94.4 Å². The number of halogens is 10. The van der Waals surface area contributed by atoms with Gasteiger partial charge in [-0.1, -0.05) is 13.8 Å². The van der Waals surface area contributed by atoms with E-state index in [0.717, 1.165) is 101 Å². The summed E-state index contributed by atoms with van der Waals surface area (Å²) in [6.45, 7) is 30.0. The van der Waals surface area contributed by atoms with Crippen LogP contribution >= 0.6 is 45.3 Å². The number of nitrogens with one attached hydrogen (secondary N) is 8. The van der Waals surface area contributed by atoms with Gasteiger partial charge in [0.1, 0.15) is 46.0 Å². The smallest absolute Gasteiger partial charge is 0.280 e. The fourth-order valence-corrected chi connectivity index (χ4v) is 21.7. The van der Waals surface area contributed by atoms with Crippen LogP contribution in [0.5, 0.6) is 0 Å². The quantitative estimate of drug-likeness (QED) is 0.0224. The third-order valence-electron chi connectivity index (χ3n) is 25.4. The van der Waals surface area contributed by atoms with Gasteiger partial charge in [0.15, 0.2) is 20.0 Å². The van der Waals surface area contributed by atoms with Gasteiger partial charge in [-0.3, -0.25) is 38.4 Å². The van der Waals surface area contributed by atoms with E-state index in [4.69, 9.17) is 0 Å². The monoisotopic (exact) mass is 2080 g/mol. The van der Waals surface area contributed by atoms with Gasteiger partial charge < -0.3 is 82.6 Å². The molecular formula is C97H126F10N20O12S4. The number of thiazole rings is 4. The number of hydrogen-bond donors (Lipinski definition) is 12. The van der Waals surface area contributed by atoms with Crippen LogP contribution in [-0.2, 0) is 0 Å². The highest BCUT2D eigenvalue weighted by Crippen LogP contribution is 2.46. The number of rotatable bonds is 26. The molecule has 32 nitrogen and oxygen atoms in total. The molecule has 7 fully saturated rings. The van der Waals surface area contributed by atoms with Gasteiger partial charge in [0.2, 0.25) is 0 Å². The molecule has 12 heterocycles. The maximum atomic E-state index is 14.2. The standard InChI is InChI=1S/2C25H33F2N5O3S.C24H29F4N5O3S.C23H31F2N5O3S/c1-5-14(3)29-19-8-13(2)18(11-28-19)21-20(24(35)32-12-25(26,27)10-15(32)4)31-23(36-21)22(34)30-16-6-7-17(33)9-16;1-5-14(3)29-19-9-13(2)16(11-28-19)21-20(24(35)32-12-25(26,27)10-15(32)4)31-23(36-21)22(34)30-17-7-6-8-18(17)33;1-11-8-24(27,28)10-33(11)22(36)17-18(37-21(31-17)20(35)30-12-5-13(34)6-12)15-9-29-16(32-23(2,3)4)7-14(15)19(25)26;1-12-7-16(29-22(4,5)6)26-9-15(12)18-17(21(33)30-11-23(24,25)8-14(30)3)28-20(34-18)19(32)27-13(2)10-31/h8,11,14-17,33H,5-7,9-10,12H2,1-4H3,(H,28,29)(H,30,34);9,11,14-15,17-18,33H,5-8,10,12H2,1-4H3,(H,28,29)(H,30,34);7,9,11-13,19,34H,5-6,8,10H2,1-4H3,(H,29,32)(H,30,35);7,9,13-14,31H,8,10-11H2,1-6H3,(H,26,29)(H,27,32)/t14-,15+,16-,17-;14-,15+,17-,18-;11-,12?,13?;13-,14+/m1101/s1.